The highest BCUT2D eigenvalue weighted by Crippen LogP contribution is 1.92. The van der Waals surface area contributed by atoms with Crippen molar-refractivity contribution in [3.63, 3.8) is 0 Å². The van der Waals surface area contributed by atoms with Gasteiger partial charge in [0.2, 0.25) is 0 Å². The molecule has 0 aliphatic rings. The second-order valence-electron chi connectivity index (χ2n) is 2.61. The van der Waals surface area contributed by atoms with Gasteiger partial charge in [0.1, 0.15) is 0 Å². The molecule has 0 aliphatic carbocycles. The quantitative estimate of drug-likeness (QED) is 0.461. The van der Waals surface area contributed by atoms with Gasteiger partial charge < -0.3 is 10.8 Å². The SMILES string of the molecule is CC(C)C(N)=NCCC(=O)O. The lowest BCUT2D eigenvalue weighted by Gasteiger charge is -2.01. The normalized spacial score (nSPS) is 12.1. The summed E-state index contributed by atoms with van der Waals surface area (Å²) in [6.45, 7) is 4.11. The number of carboxylic acids is 1. The second kappa shape index (κ2) is 4.71. The van der Waals surface area contributed by atoms with E-state index in [4.69, 9.17) is 10.8 Å². The number of carboxylic acid groups (broad SMARTS) is 1. The molecule has 0 saturated heterocycles. The summed E-state index contributed by atoms with van der Waals surface area (Å²) in [5.41, 5.74) is 5.46. The molecule has 0 fully saturated rings. The van der Waals surface area contributed by atoms with Gasteiger partial charge in [0, 0.05) is 5.92 Å². The molecule has 4 heteroatoms. The first-order valence-corrected chi connectivity index (χ1v) is 3.55. The van der Waals surface area contributed by atoms with Crippen LogP contribution >= 0.6 is 0 Å². The lowest BCUT2D eigenvalue weighted by Crippen LogP contribution is -2.19. The molecule has 11 heavy (non-hydrogen) atoms. The zero-order chi connectivity index (χ0) is 8.85. The van der Waals surface area contributed by atoms with Gasteiger partial charge in [-0.05, 0) is 0 Å². The van der Waals surface area contributed by atoms with E-state index in [0.717, 1.165) is 0 Å². The van der Waals surface area contributed by atoms with Gasteiger partial charge in [0.25, 0.3) is 0 Å². The van der Waals surface area contributed by atoms with Gasteiger partial charge in [0.05, 0.1) is 18.8 Å². The van der Waals surface area contributed by atoms with Crippen molar-refractivity contribution in [3.05, 3.63) is 0 Å². The molecule has 0 rings (SSSR count). The zero-order valence-corrected chi connectivity index (χ0v) is 6.87. The number of aliphatic imine (C=N–C) groups is 1. The molecule has 0 saturated carbocycles. The van der Waals surface area contributed by atoms with Gasteiger partial charge in [-0.15, -0.1) is 0 Å². The van der Waals surface area contributed by atoms with Gasteiger partial charge in [-0.25, -0.2) is 0 Å². The Kier molecular flexibility index (Phi) is 4.26. The summed E-state index contributed by atoms with van der Waals surface area (Å²) in [5, 5.41) is 8.25. The smallest absolute Gasteiger partial charge is 0.305 e. The van der Waals surface area contributed by atoms with Crippen LogP contribution in [0.1, 0.15) is 20.3 Å². The highest BCUT2D eigenvalue weighted by molar-refractivity contribution is 5.82. The molecule has 0 radical (unpaired) electrons. The molecule has 0 aromatic carbocycles. The summed E-state index contributed by atoms with van der Waals surface area (Å²) in [5.74, 6) is -0.125. The van der Waals surface area contributed by atoms with Gasteiger partial charge in [0.15, 0.2) is 0 Å². The average molecular weight is 158 g/mol. The van der Waals surface area contributed by atoms with E-state index in [-0.39, 0.29) is 18.9 Å². The van der Waals surface area contributed by atoms with E-state index < -0.39 is 5.97 Å². The Morgan fingerprint density at radius 1 is 1.64 bits per heavy atom. The van der Waals surface area contributed by atoms with Gasteiger partial charge in [-0.2, -0.15) is 0 Å². The van der Waals surface area contributed by atoms with Crippen LogP contribution in [0, 0.1) is 5.92 Å². The fourth-order valence-corrected chi connectivity index (χ4v) is 0.463. The monoisotopic (exact) mass is 158 g/mol. The van der Waals surface area contributed by atoms with E-state index in [1.807, 2.05) is 13.8 Å². The first kappa shape index (κ1) is 9.94. The van der Waals surface area contributed by atoms with Gasteiger partial charge >= 0.3 is 5.97 Å². The molecule has 0 unspecified atom stereocenters. The lowest BCUT2D eigenvalue weighted by molar-refractivity contribution is -0.136. The van der Waals surface area contributed by atoms with Crippen LogP contribution in [-0.2, 0) is 4.79 Å². The molecule has 0 bridgehead atoms. The Balaban J connectivity index is 3.65. The minimum absolute atomic E-state index is 0.0490. The highest BCUT2D eigenvalue weighted by Gasteiger charge is 1.99. The van der Waals surface area contributed by atoms with E-state index in [2.05, 4.69) is 4.99 Å². The Morgan fingerprint density at radius 3 is 2.55 bits per heavy atom. The van der Waals surface area contributed by atoms with E-state index in [1.165, 1.54) is 0 Å². The van der Waals surface area contributed by atoms with E-state index in [1.54, 1.807) is 0 Å². The molecular weight excluding hydrogens is 144 g/mol. The molecular formula is C7H14N2O2. The van der Waals surface area contributed by atoms with Crippen LogP contribution in [0.3, 0.4) is 0 Å². The summed E-state index contributed by atoms with van der Waals surface area (Å²) in [6, 6.07) is 0. The minimum atomic E-state index is -0.842. The van der Waals surface area contributed by atoms with Crippen molar-refractivity contribution >= 4 is 11.8 Å². The Morgan fingerprint density at radius 2 is 2.18 bits per heavy atom. The molecule has 0 aliphatic heterocycles. The second-order valence-corrected chi connectivity index (χ2v) is 2.61. The van der Waals surface area contributed by atoms with Gasteiger partial charge in [-0.3, -0.25) is 9.79 Å². The first-order valence-electron chi connectivity index (χ1n) is 3.55. The largest absolute Gasteiger partial charge is 0.481 e. The molecule has 0 atom stereocenters. The molecule has 0 aromatic rings. The van der Waals surface area contributed by atoms with Crippen molar-refractivity contribution in [3.8, 4) is 0 Å². The summed E-state index contributed by atoms with van der Waals surface area (Å²) in [7, 11) is 0. The Hall–Kier alpha value is -1.06. The number of hydrogen-bond donors (Lipinski definition) is 2. The lowest BCUT2D eigenvalue weighted by atomic mass is 10.2. The van der Waals surface area contributed by atoms with Crippen molar-refractivity contribution in [2.45, 2.75) is 20.3 Å². The van der Waals surface area contributed by atoms with Crippen molar-refractivity contribution in [1.82, 2.24) is 0 Å². The average Bonchev–Trinajstić information content (AvgIpc) is 1.86. The number of hydrogen-bond acceptors (Lipinski definition) is 2. The van der Waals surface area contributed by atoms with Gasteiger partial charge in [-0.1, -0.05) is 13.8 Å². The summed E-state index contributed by atoms with van der Waals surface area (Å²) >= 11 is 0. The minimum Gasteiger partial charge on any atom is -0.481 e. The number of nitrogens with two attached hydrogens (primary N) is 1. The predicted octanol–water partition coefficient (Wildman–Crippen LogP) is 0.474. The maximum Gasteiger partial charge on any atom is 0.305 e. The number of aliphatic carboxylic acids is 1. The van der Waals surface area contributed by atoms with E-state index >= 15 is 0 Å². The molecule has 3 N–H and O–H groups in total. The third-order valence-corrected chi connectivity index (χ3v) is 1.21. The van der Waals surface area contributed by atoms with Crippen molar-refractivity contribution in [2.75, 3.05) is 6.54 Å². The number of rotatable bonds is 4. The predicted molar refractivity (Wildman–Crippen MR) is 43.6 cm³/mol. The third kappa shape index (κ3) is 5.39. The highest BCUT2D eigenvalue weighted by atomic mass is 16.4. The summed E-state index contributed by atoms with van der Waals surface area (Å²) < 4.78 is 0. The van der Waals surface area contributed by atoms with E-state index in [0.29, 0.717) is 5.84 Å². The number of nitrogens with zero attached hydrogens (tertiary/aromatic N) is 1. The molecule has 4 nitrogen and oxygen atoms in total. The van der Waals surface area contributed by atoms with Crippen LogP contribution in [-0.4, -0.2) is 23.5 Å². The number of amidine groups is 1. The summed E-state index contributed by atoms with van der Waals surface area (Å²) in [6.07, 6.45) is 0.0490. The maximum atomic E-state index is 10.0. The third-order valence-electron chi connectivity index (χ3n) is 1.21. The topological polar surface area (TPSA) is 75.7 Å². The Labute approximate surface area is 66.1 Å². The Bertz CT molecular complexity index is 164. The van der Waals surface area contributed by atoms with Crippen LogP contribution in [0.15, 0.2) is 4.99 Å². The molecule has 64 valence electrons. The van der Waals surface area contributed by atoms with Crippen LogP contribution in [0.2, 0.25) is 0 Å². The van der Waals surface area contributed by atoms with Crippen molar-refractivity contribution in [2.24, 2.45) is 16.6 Å². The van der Waals surface area contributed by atoms with Crippen LogP contribution in [0.5, 0.6) is 0 Å². The molecule has 0 heterocycles. The van der Waals surface area contributed by atoms with Crippen molar-refractivity contribution < 1.29 is 9.90 Å². The van der Waals surface area contributed by atoms with Crippen LogP contribution < -0.4 is 5.73 Å². The fourth-order valence-electron chi connectivity index (χ4n) is 0.463. The summed E-state index contributed by atoms with van der Waals surface area (Å²) in [4.78, 5) is 13.9. The van der Waals surface area contributed by atoms with Crippen LogP contribution in [0.25, 0.3) is 0 Å². The maximum absolute atomic E-state index is 10.0. The standard InChI is InChI=1S/C7H14N2O2/c1-5(2)7(8)9-4-3-6(10)11/h5H,3-4H2,1-2H3,(H2,8,9)(H,10,11). The molecule has 0 spiro atoms. The van der Waals surface area contributed by atoms with Crippen LogP contribution in [0.4, 0.5) is 0 Å². The zero-order valence-electron chi connectivity index (χ0n) is 6.87. The first-order chi connectivity index (χ1) is 5.04. The fraction of sp³-hybridized carbons (Fsp3) is 0.714. The molecule has 0 aromatic heterocycles. The molecule has 0 amide bonds. The van der Waals surface area contributed by atoms with E-state index in [9.17, 15) is 4.79 Å². The number of carbonyl (C=O) groups is 1. The van der Waals surface area contributed by atoms with Crippen molar-refractivity contribution in [1.29, 1.82) is 0 Å².